The Morgan fingerprint density at radius 3 is 2.79 bits per heavy atom. The number of guanidine groups is 1. The van der Waals surface area contributed by atoms with Gasteiger partial charge < -0.3 is 24.5 Å². The molecule has 156 valence electrons. The van der Waals surface area contributed by atoms with Crippen molar-refractivity contribution < 1.29 is 13.9 Å². The lowest BCUT2D eigenvalue weighted by Crippen LogP contribution is -2.38. The van der Waals surface area contributed by atoms with E-state index in [1.807, 2.05) is 39.1 Å². The maximum atomic E-state index is 5.58. The van der Waals surface area contributed by atoms with Crippen molar-refractivity contribution in [2.75, 3.05) is 26.8 Å². The largest absolute Gasteiger partial charge is 0.496 e. The second-order valence-electron chi connectivity index (χ2n) is 6.15. The first-order chi connectivity index (χ1) is 13.2. The zero-order valence-corrected chi connectivity index (χ0v) is 19.4. The van der Waals surface area contributed by atoms with E-state index in [9.17, 15) is 0 Å². The van der Waals surface area contributed by atoms with Crippen molar-refractivity contribution in [3.8, 4) is 5.75 Å². The standard InChI is InChI=1S/C20H30N4O3.HI/c1-5-21-20(22-9-7-10-26-14-17-8-6-11-27-17)24-13-18-16(3)19(25-4)15(2)12-23-18;/h6,8,11-12H,5,7,9-10,13-14H2,1-4H3,(H2,21,22,24);1H. The Morgan fingerprint density at radius 2 is 2.11 bits per heavy atom. The fraction of sp³-hybridized carbons (Fsp3) is 0.500. The van der Waals surface area contributed by atoms with E-state index in [0.29, 0.717) is 19.8 Å². The van der Waals surface area contributed by atoms with Gasteiger partial charge in [0.15, 0.2) is 5.96 Å². The lowest BCUT2D eigenvalue weighted by atomic mass is 10.1. The topological polar surface area (TPSA) is 80.9 Å². The minimum Gasteiger partial charge on any atom is -0.496 e. The molecule has 0 aliphatic heterocycles. The van der Waals surface area contributed by atoms with Crippen LogP contribution in [0.15, 0.2) is 34.0 Å². The summed E-state index contributed by atoms with van der Waals surface area (Å²) in [5.41, 5.74) is 2.97. The zero-order chi connectivity index (χ0) is 19.5. The lowest BCUT2D eigenvalue weighted by Gasteiger charge is -2.13. The van der Waals surface area contributed by atoms with Crippen LogP contribution < -0.4 is 15.4 Å². The smallest absolute Gasteiger partial charge is 0.191 e. The third kappa shape index (κ3) is 7.67. The molecule has 0 spiro atoms. The molecule has 2 N–H and O–H groups in total. The molecule has 0 aliphatic rings. The Bertz CT molecular complexity index is 720. The van der Waals surface area contributed by atoms with E-state index in [1.54, 1.807) is 13.4 Å². The monoisotopic (exact) mass is 502 g/mol. The molecule has 0 aromatic carbocycles. The molecule has 8 heteroatoms. The van der Waals surface area contributed by atoms with Gasteiger partial charge in [-0.2, -0.15) is 0 Å². The highest BCUT2D eigenvalue weighted by Crippen LogP contribution is 2.24. The van der Waals surface area contributed by atoms with Gasteiger partial charge >= 0.3 is 0 Å². The first-order valence-electron chi connectivity index (χ1n) is 9.27. The van der Waals surface area contributed by atoms with E-state index in [0.717, 1.165) is 53.8 Å². The number of nitrogens with zero attached hydrogens (tertiary/aromatic N) is 2. The molecule has 0 saturated heterocycles. The molecule has 0 aliphatic carbocycles. The average Bonchev–Trinajstić information content (AvgIpc) is 3.17. The quantitative estimate of drug-likeness (QED) is 0.224. The molecular formula is C20H31IN4O3. The summed E-state index contributed by atoms with van der Waals surface area (Å²) in [7, 11) is 1.68. The van der Waals surface area contributed by atoms with Gasteiger partial charge in [-0.1, -0.05) is 0 Å². The van der Waals surface area contributed by atoms with Crippen LogP contribution in [0.2, 0.25) is 0 Å². The van der Waals surface area contributed by atoms with E-state index in [1.165, 1.54) is 0 Å². The highest BCUT2D eigenvalue weighted by Gasteiger charge is 2.09. The molecule has 0 radical (unpaired) electrons. The molecule has 0 fully saturated rings. The van der Waals surface area contributed by atoms with Crippen LogP contribution in [0.25, 0.3) is 0 Å². The Kier molecular flexibility index (Phi) is 11.6. The van der Waals surface area contributed by atoms with Crippen molar-refractivity contribution in [2.24, 2.45) is 4.99 Å². The number of halogens is 1. The van der Waals surface area contributed by atoms with Gasteiger partial charge in [0.2, 0.25) is 0 Å². The van der Waals surface area contributed by atoms with Crippen LogP contribution in [0.4, 0.5) is 0 Å². The van der Waals surface area contributed by atoms with Crippen LogP contribution in [0.1, 0.15) is 35.9 Å². The minimum absolute atomic E-state index is 0. The molecule has 0 bridgehead atoms. The lowest BCUT2D eigenvalue weighted by molar-refractivity contribution is 0.105. The van der Waals surface area contributed by atoms with Gasteiger partial charge in [-0.15, -0.1) is 24.0 Å². The number of aliphatic imine (C=N–C) groups is 1. The zero-order valence-electron chi connectivity index (χ0n) is 17.1. The second kappa shape index (κ2) is 13.4. The number of ether oxygens (including phenoxy) is 2. The van der Waals surface area contributed by atoms with Gasteiger partial charge in [-0.05, 0) is 39.3 Å². The summed E-state index contributed by atoms with van der Waals surface area (Å²) in [5, 5.41) is 6.57. The molecule has 7 nitrogen and oxygen atoms in total. The molecule has 0 amide bonds. The molecule has 2 rings (SSSR count). The Hall–Kier alpha value is -1.81. The summed E-state index contributed by atoms with van der Waals surface area (Å²) < 4.78 is 16.3. The van der Waals surface area contributed by atoms with Gasteiger partial charge in [-0.25, -0.2) is 4.99 Å². The first kappa shape index (κ1) is 24.2. The predicted octanol–water partition coefficient (Wildman–Crippen LogP) is 3.58. The van der Waals surface area contributed by atoms with Crippen LogP contribution in [-0.2, 0) is 17.9 Å². The number of hydrogen-bond acceptors (Lipinski definition) is 5. The van der Waals surface area contributed by atoms with Crippen LogP contribution in [0.5, 0.6) is 5.75 Å². The summed E-state index contributed by atoms with van der Waals surface area (Å²) in [4.78, 5) is 9.12. The van der Waals surface area contributed by atoms with Crippen molar-refractivity contribution in [2.45, 2.75) is 40.3 Å². The molecule has 28 heavy (non-hydrogen) atoms. The number of methoxy groups -OCH3 is 1. The van der Waals surface area contributed by atoms with E-state index in [4.69, 9.17) is 13.9 Å². The Labute approximate surface area is 184 Å². The highest BCUT2D eigenvalue weighted by molar-refractivity contribution is 14.0. The number of aromatic nitrogens is 1. The van der Waals surface area contributed by atoms with E-state index < -0.39 is 0 Å². The van der Waals surface area contributed by atoms with Crippen molar-refractivity contribution >= 4 is 29.9 Å². The van der Waals surface area contributed by atoms with Crippen molar-refractivity contribution in [3.63, 3.8) is 0 Å². The summed E-state index contributed by atoms with van der Waals surface area (Å²) in [6, 6.07) is 3.77. The molecule has 2 aromatic heterocycles. The molecule has 0 saturated carbocycles. The predicted molar refractivity (Wildman–Crippen MR) is 121 cm³/mol. The summed E-state index contributed by atoms with van der Waals surface area (Å²) in [5.74, 6) is 2.49. The fourth-order valence-electron chi connectivity index (χ4n) is 2.67. The van der Waals surface area contributed by atoms with Crippen LogP contribution >= 0.6 is 24.0 Å². The Morgan fingerprint density at radius 1 is 1.29 bits per heavy atom. The SMILES string of the molecule is CCNC(=NCc1ncc(C)c(OC)c1C)NCCCOCc1ccco1.I. The van der Waals surface area contributed by atoms with E-state index >= 15 is 0 Å². The van der Waals surface area contributed by atoms with Gasteiger partial charge in [-0.3, -0.25) is 4.98 Å². The number of furan rings is 1. The molecule has 2 aromatic rings. The maximum Gasteiger partial charge on any atom is 0.191 e. The molecular weight excluding hydrogens is 471 g/mol. The van der Waals surface area contributed by atoms with Crippen LogP contribution in [0, 0.1) is 13.8 Å². The van der Waals surface area contributed by atoms with E-state index in [2.05, 4.69) is 20.6 Å². The number of nitrogens with one attached hydrogen (secondary N) is 2. The highest BCUT2D eigenvalue weighted by atomic mass is 127. The summed E-state index contributed by atoms with van der Waals surface area (Å²) in [6.45, 7) is 9.27. The van der Waals surface area contributed by atoms with Gasteiger partial charge in [0.1, 0.15) is 18.1 Å². The van der Waals surface area contributed by atoms with E-state index in [-0.39, 0.29) is 24.0 Å². The molecule has 0 unspecified atom stereocenters. The van der Waals surface area contributed by atoms with Gasteiger partial charge in [0.25, 0.3) is 0 Å². The van der Waals surface area contributed by atoms with Crippen LogP contribution in [0.3, 0.4) is 0 Å². The number of aryl methyl sites for hydroxylation is 1. The minimum atomic E-state index is 0. The third-order valence-electron chi connectivity index (χ3n) is 4.06. The molecule has 2 heterocycles. The summed E-state index contributed by atoms with van der Waals surface area (Å²) in [6.07, 6.45) is 4.35. The van der Waals surface area contributed by atoms with Crippen molar-refractivity contribution in [1.82, 2.24) is 15.6 Å². The van der Waals surface area contributed by atoms with Crippen molar-refractivity contribution in [3.05, 3.63) is 47.2 Å². The van der Waals surface area contributed by atoms with Crippen LogP contribution in [-0.4, -0.2) is 37.7 Å². The normalized spacial score (nSPS) is 11.1. The van der Waals surface area contributed by atoms with Gasteiger partial charge in [0.05, 0.1) is 25.6 Å². The van der Waals surface area contributed by atoms with Gasteiger partial charge in [0, 0.05) is 37.0 Å². The third-order valence-corrected chi connectivity index (χ3v) is 4.06. The number of pyridine rings is 1. The number of hydrogen-bond donors (Lipinski definition) is 2. The Balaban J connectivity index is 0.00000392. The van der Waals surface area contributed by atoms with Crippen molar-refractivity contribution in [1.29, 1.82) is 0 Å². The summed E-state index contributed by atoms with van der Waals surface area (Å²) >= 11 is 0. The fourth-order valence-corrected chi connectivity index (χ4v) is 2.67. The average molecular weight is 502 g/mol. The maximum absolute atomic E-state index is 5.58. The first-order valence-corrected chi connectivity index (χ1v) is 9.27. The molecule has 0 atom stereocenters. The number of rotatable bonds is 10. The second-order valence-corrected chi connectivity index (χ2v) is 6.15.